The number of hydrogen-bond acceptors (Lipinski definition) is 3. The molecule has 126 valence electrons. The van der Waals surface area contributed by atoms with E-state index in [4.69, 9.17) is 16.3 Å². The van der Waals surface area contributed by atoms with Crippen LogP contribution in [0.2, 0.25) is 5.02 Å². The van der Waals surface area contributed by atoms with Gasteiger partial charge in [-0.05, 0) is 48.5 Å². The van der Waals surface area contributed by atoms with Gasteiger partial charge in [0.25, 0.3) is 5.91 Å². The Bertz CT molecular complexity index is 931. The summed E-state index contributed by atoms with van der Waals surface area (Å²) in [7, 11) is 1.55. The van der Waals surface area contributed by atoms with Crippen LogP contribution < -0.4 is 10.1 Å². The lowest BCUT2D eigenvalue weighted by atomic mass is 10.1. The quantitative estimate of drug-likeness (QED) is 0.616. The molecule has 1 N–H and O–H groups in total. The van der Waals surface area contributed by atoms with Crippen molar-refractivity contribution in [3.63, 3.8) is 0 Å². The number of pyridine rings is 1. The third-order valence-electron chi connectivity index (χ3n) is 3.56. The second-order valence-corrected chi connectivity index (χ2v) is 6.54. The molecular weight excluding hydrogens is 404 g/mol. The van der Waals surface area contributed by atoms with E-state index in [1.807, 2.05) is 24.3 Å². The Kier molecular flexibility index (Phi) is 5.36. The minimum absolute atomic E-state index is 0.227. The number of anilines is 1. The van der Waals surface area contributed by atoms with Crippen molar-refractivity contribution in [2.45, 2.75) is 0 Å². The van der Waals surface area contributed by atoms with Crippen LogP contribution in [0.3, 0.4) is 0 Å². The van der Waals surface area contributed by atoms with Crippen LogP contribution in [-0.4, -0.2) is 18.0 Å². The van der Waals surface area contributed by atoms with Crippen LogP contribution in [0.1, 0.15) is 10.4 Å². The van der Waals surface area contributed by atoms with E-state index in [0.717, 1.165) is 10.0 Å². The third kappa shape index (κ3) is 4.00. The van der Waals surface area contributed by atoms with E-state index in [-0.39, 0.29) is 5.91 Å². The number of nitrogens with zero attached hydrogens (tertiary/aromatic N) is 1. The number of halogens is 2. The number of methoxy groups -OCH3 is 1. The normalized spacial score (nSPS) is 10.4. The monoisotopic (exact) mass is 416 g/mol. The molecule has 4 nitrogen and oxygen atoms in total. The van der Waals surface area contributed by atoms with Gasteiger partial charge in [0.2, 0.25) is 0 Å². The lowest BCUT2D eigenvalue weighted by molar-refractivity contribution is 0.102. The van der Waals surface area contributed by atoms with Crippen molar-refractivity contribution in [1.29, 1.82) is 0 Å². The predicted molar refractivity (Wildman–Crippen MR) is 103 cm³/mol. The molecule has 0 unspecified atom stereocenters. The molecule has 0 bridgehead atoms. The standard InChI is InChI=1S/C19H14BrClN2O2/c1-25-17-10-12(19(24)23-14-5-2-4-13(20)11-14)7-8-15(17)18-16(21)6-3-9-22-18/h2-11H,1H3,(H,23,24). The van der Waals surface area contributed by atoms with Crippen molar-refractivity contribution in [1.82, 2.24) is 4.98 Å². The molecule has 0 fully saturated rings. The second kappa shape index (κ2) is 7.68. The summed E-state index contributed by atoms with van der Waals surface area (Å²) in [5.74, 6) is 0.303. The van der Waals surface area contributed by atoms with E-state index in [1.54, 1.807) is 43.6 Å². The molecule has 0 aliphatic carbocycles. The summed E-state index contributed by atoms with van der Waals surface area (Å²) < 4.78 is 6.32. The fraction of sp³-hybridized carbons (Fsp3) is 0.0526. The molecule has 0 saturated carbocycles. The molecule has 1 heterocycles. The van der Waals surface area contributed by atoms with E-state index < -0.39 is 0 Å². The van der Waals surface area contributed by atoms with Gasteiger partial charge >= 0.3 is 0 Å². The fourth-order valence-corrected chi connectivity index (χ4v) is 3.00. The first kappa shape index (κ1) is 17.5. The molecule has 1 amide bonds. The van der Waals surface area contributed by atoms with Crippen molar-refractivity contribution in [3.05, 3.63) is 75.9 Å². The largest absolute Gasteiger partial charge is 0.496 e. The van der Waals surface area contributed by atoms with E-state index in [9.17, 15) is 4.79 Å². The molecule has 25 heavy (non-hydrogen) atoms. The fourth-order valence-electron chi connectivity index (χ4n) is 2.38. The Balaban J connectivity index is 1.91. The van der Waals surface area contributed by atoms with Crippen LogP contribution in [0.25, 0.3) is 11.3 Å². The number of nitrogens with one attached hydrogen (secondary N) is 1. The molecular formula is C19H14BrClN2O2. The van der Waals surface area contributed by atoms with Gasteiger partial charge in [0.15, 0.2) is 0 Å². The molecule has 3 rings (SSSR count). The Morgan fingerprint density at radius 1 is 1.16 bits per heavy atom. The molecule has 0 atom stereocenters. The summed E-state index contributed by atoms with van der Waals surface area (Å²) in [6.07, 6.45) is 1.66. The van der Waals surface area contributed by atoms with Gasteiger partial charge in [-0.1, -0.05) is 33.6 Å². The van der Waals surface area contributed by atoms with Crippen LogP contribution in [-0.2, 0) is 0 Å². The summed E-state index contributed by atoms with van der Waals surface area (Å²) in [6.45, 7) is 0. The number of carbonyl (C=O) groups excluding carboxylic acids is 1. The third-order valence-corrected chi connectivity index (χ3v) is 4.36. The maximum Gasteiger partial charge on any atom is 0.255 e. The summed E-state index contributed by atoms with van der Waals surface area (Å²) in [4.78, 5) is 16.8. The average molecular weight is 418 g/mol. The Morgan fingerprint density at radius 2 is 2.00 bits per heavy atom. The molecule has 2 aromatic carbocycles. The number of rotatable bonds is 4. The number of benzene rings is 2. The number of aromatic nitrogens is 1. The number of carbonyl (C=O) groups is 1. The van der Waals surface area contributed by atoms with E-state index in [2.05, 4.69) is 26.2 Å². The number of ether oxygens (including phenoxy) is 1. The Morgan fingerprint density at radius 3 is 2.72 bits per heavy atom. The summed E-state index contributed by atoms with van der Waals surface area (Å²) in [5.41, 5.74) is 2.52. The zero-order valence-electron chi connectivity index (χ0n) is 13.3. The zero-order valence-corrected chi connectivity index (χ0v) is 15.6. The molecule has 0 spiro atoms. The van der Waals surface area contributed by atoms with E-state index >= 15 is 0 Å². The molecule has 0 aliphatic rings. The van der Waals surface area contributed by atoms with Crippen LogP contribution in [0.15, 0.2) is 65.3 Å². The van der Waals surface area contributed by atoms with Gasteiger partial charge in [0.1, 0.15) is 5.75 Å². The van der Waals surface area contributed by atoms with Gasteiger partial charge in [-0.2, -0.15) is 0 Å². The van der Waals surface area contributed by atoms with Crippen LogP contribution in [0.5, 0.6) is 5.75 Å². The summed E-state index contributed by atoms with van der Waals surface area (Å²) in [5, 5.41) is 3.38. The SMILES string of the molecule is COc1cc(C(=O)Nc2cccc(Br)c2)ccc1-c1ncccc1Cl. The number of amides is 1. The van der Waals surface area contributed by atoms with Crippen molar-refractivity contribution in [2.75, 3.05) is 12.4 Å². The average Bonchev–Trinajstić information content (AvgIpc) is 2.61. The molecule has 0 saturated heterocycles. The van der Waals surface area contributed by atoms with Crippen molar-refractivity contribution >= 4 is 39.1 Å². The van der Waals surface area contributed by atoms with Crippen molar-refractivity contribution in [2.24, 2.45) is 0 Å². The maximum absolute atomic E-state index is 12.5. The van der Waals surface area contributed by atoms with Crippen molar-refractivity contribution < 1.29 is 9.53 Å². The second-order valence-electron chi connectivity index (χ2n) is 5.21. The van der Waals surface area contributed by atoms with Gasteiger partial charge in [-0.25, -0.2) is 0 Å². The maximum atomic E-state index is 12.5. The van der Waals surface area contributed by atoms with Gasteiger partial charge in [-0.15, -0.1) is 0 Å². The molecule has 0 aliphatic heterocycles. The van der Waals surface area contributed by atoms with Gasteiger partial charge < -0.3 is 10.1 Å². The predicted octanol–water partition coefficient (Wildman–Crippen LogP) is 5.43. The minimum Gasteiger partial charge on any atom is -0.496 e. The molecule has 0 radical (unpaired) electrons. The van der Waals surface area contributed by atoms with Crippen LogP contribution in [0.4, 0.5) is 5.69 Å². The van der Waals surface area contributed by atoms with Gasteiger partial charge in [0.05, 0.1) is 17.8 Å². The van der Waals surface area contributed by atoms with Gasteiger partial charge in [-0.3, -0.25) is 9.78 Å². The first-order valence-electron chi connectivity index (χ1n) is 7.44. The number of hydrogen-bond donors (Lipinski definition) is 1. The van der Waals surface area contributed by atoms with Crippen molar-refractivity contribution in [3.8, 4) is 17.0 Å². The van der Waals surface area contributed by atoms with Crippen LogP contribution >= 0.6 is 27.5 Å². The molecule has 1 aromatic heterocycles. The zero-order chi connectivity index (χ0) is 17.8. The highest BCUT2D eigenvalue weighted by molar-refractivity contribution is 9.10. The highest BCUT2D eigenvalue weighted by Gasteiger charge is 2.14. The topological polar surface area (TPSA) is 51.2 Å². The highest BCUT2D eigenvalue weighted by atomic mass is 79.9. The summed E-state index contributed by atoms with van der Waals surface area (Å²) >= 11 is 9.59. The molecule has 6 heteroatoms. The highest BCUT2D eigenvalue weighted by Crippen LogP contribution is 2.33. The summed E-state index contributed by atoms with van der Waals surface area (Å²) in [6, 6.07) is 16.1. The minimum atomic E-state index is -0.227. The van der Waals surface area contributed by atoms with Gasteiger partial charge in [0, 0.05) is 27.5 Å². The first-order chi connectivity index (χ1) is 12.1. The Labute approximate surface area is 158 Å². The lowest BCUT2D eigenvalue weighted by Gasteiger charge is -2.12. The Hall–Kier alpha value is -2.37. The smallest absolute Gasteiger partial charge is 0.255 e. The first-order valence-corrected chi connectivity index (χ1v) is 8.61. The lowest BCUT2D eigenvalue weighted by Crippen LogP contribution is -2.12. The van der Waals surface area contributed by atoms with E-state index in [1.165, 1.54) is 0 Å². The van der Waals surface area contributed by atoms with Crippen LogP contribution in [0, 0.1) is 0 Å². The van der Waals surface area contributed by atoms with E-state index in [0.29, 0.717) is 27.7 Å². The molecule has 3 aromatic rings.